The number of hydrogen-bond donors (Lipinski definition) is 1. The fourth-order valence-electron chi connectivity index (χ4n) is 2.24. The lowest BCUT2D eigenvalue weighted by atomic mass is 10.3. The molecule has 0 aliphatic rings. The minimum Gasteiger partial charge on any atom is -0.364 e. The Bertz CT molecular complexity index is 880. The molecule has 0 radical (unpaired) electrons. The fraction of sp³-hybridized carbons (Fsp3) is 0.0625. The van der Waals surface area contributed by atoms with Crippen LogP contribution in [0.3, 0.4) is 0 Å². The molecule has 1 amide bonds. The highest BCUT2D eigenvalue weighted by atomic mass is 16.1. The molecule has 2 N–H and O–H groups in total. The molecule has 0 aliphatic heterocycles. The Morgan fingerprint density at radius 3 is 2.48 bits per heavy atom. The molecule has 0 atom stereocenters. The predicted molar refractivity (Wildman–Crippen MR) is 82.0 cm³/mol. The molecule has 7 heteroatoms. The first-order valence-electron chi connectivity index (χ1n) is 6.82. The molecule has 0 fully saturated rings. The summed E-state index contributed by atoms with van der Waals surface area (Å²) in [6, 6.07) is 12.8. The third-order valence-corrected chi connectivity index (χ3v) is 3.25. The highest BCUT2D eigenvalue weighted by molar-refractivity contribution is 5.93. The van der Waals surface area contributed by atoms with Crippen molar-refractivity contribution in [3.8, 4) is 17.6 Å². The van der Waals surface area contributed by atoms with Crippen molar-refractivity contribution in [2.24, 2.45) is 5.73 Å². The van der Waals surface area contributed by atoms with Gasteiger partial charge in [-0.3, -0.25) is 14.8 Å². The summed E-state index contributed by atoms with van der Waals surface area (Å²) >= 11 is 0. The number of amides is 1. The van der Waals surface area contributed by atoms with Crippen LogP contribution in [0.2, 0.25) is 0 Å². The smallest absolute Gasteiger partial charge is 0.270 e. The minimum atomic E-state index is -0.751. The highest BCUT2D eigenvalue weighted by Crippen LogP contribution is 2.21. The summed E-state index contributed by atoms with van der Waals surface area (Å²) in [5, 5.41) is 9.43. The molecule has 3 aromatic rings. The van der Waals surface area contributed by atoms with E-state index in [4.69, 9.17) is 5.73 Å². The van der Waals surface area contributed by atoms with Gasteiger partial charge >= 0.3 is 0 Å². The van der Waals surface area contributed by atoms with Crippen LogP contribution in [0.4, 0.5) is 0 Å². The van der Waals surface area contributed by atoms with Gasteiger partial charge in [0.1, 0.15) is 11.8 Å². The summed E-state index contributed by atoms with van der Waals surface area (Å²) in [4.78, 5) is 24.3. The van der Waals surface area contributed by atoms with Crippen molar-refractivity contribution in [3.05, 3.63) is 65.9 Å². The zero-order valence-corrected chi connectivity index (χ0v) is 12.0. The van der Waals surface area contributed by atoms with E-state index in [0.717, 1.165) is 5.69 Å². The van der Waals surface area contributed by atoms with Gasteiger partial charge < -0.3 is 10.3 Å². The molecule has 23 heavy (non-hydrogen) atoms. The fourth-order valence-corrected chi connectivity index (χ4v) is 2.24. The molecular formula is C16H12N6O. The van der Waals surface area contributed by atoms with Crippen LogP contribution in [0.25, 0.3) is 11.5 Å². The highest BCUT2D eigenvalue weighted by Gasteiger charge is 2.22. The Morgan fingerprint density at radius 1 is 1.17 bits per heavy atom. The number of aromatic nitrogens is 4. The van der Waals surface area contributed by atoms with Gasteiger partial charge in [-0.05, 0) is 24.3 Å². The molecule has 0 saturated heterocycles. The van der Waals surface area contributed by atoms with Crippen molar-refractivity contribution in [3.63, 3.8) is 0 Å². The zero-order valence-electron chi connectivity index (χ0n) is 12.0. The van der Waals surface area contributed by atoms with Gasteiger partial charge in [0.15, 0.2) is 17.2 Å². The van der Waals surface area contributed by atoms with E-state index >= 15 is 0 Å². The topological polar surface area (TPSA) is 110 Å². The molecule has 0 spiro atoms. The third-order valence-electron chi connectivity index (χ3n) is 3.25. The van der Waals surface area contributed by atoms with Gasteiger partial charge in [0.2, 0.25) is 0 Å². The summed E-state index contributed by atoms with van der Waals surface area (Å²) in [5.41, 5.74) is 6.66. The lowest BCUT2D eigenvalue weighted by Gasteiger charge is -2.08. The molecule has 0 aromatic carbocycles. The number of carbonyl (C=O) groups is 1. The van der Waals surface area contributed by atoms with E-state index in [2.05, 4.69) is 15.0 Å². The number of carbonyl (C=O) groups excluding carboxylic acids is 1. The second-order valence-corrected chi connectivity index (χ2v) is 4.73. The summed E-state index contributed by atoms with van der Waals surface area (Å²) in [6.07, 6.45) is 3.28. The van der Waals surface area contributed by atoms with E-state index < -0.39 is 5.91 Å². The van der Waals surface area contributed by atoms with Crippen LogP contribution in [0.5, 0.6) is 0 Å². The molecule has 0 saturated carbocycles. The lowest BCUT2D eigenvalue weighted by molar-refractivity contribution is 0.0995. The van der Waals surface area contributed by atoms with E-state index in [1.54, 1.807) is 41.2 Å². The van der Waals surface area contributed by atoms with Crippen molar-refractivity contribution < 1.29 is 4.79 Å². The van der Waals surface area contributed by atoms with Gasteiger partial charge in [0, 0.05) is 12.4 Å². The standard InChI is InChI=1S/C16H12N6O/c17-9-13-14(15(18)23)21-16(12-6-2-4-8-20-12)22(13)10-11-5-1-3-7-19-11/h1-8H,10H2,(H2,18,23). The number of pyridine rings is 2. The first kappa shape index (κ1) is 14.4. The van der Waals surface area contributed by atoms with Crippen molar-refractivity contribution >= 4 is 5.91 Å². The number of nitrogens with two attached hydrogens (primary N) is 1. The van der Waals surface area contributed by atoms with Crippen LogP contribution in [0, 0.1) is 11.3 Å². The SMILES string of the molecule is N#Cc1c(C(N)=O)nc(-c2ccccn2)n1Cc1ccccn1. The van der Waals surface area contributed by atoms with Gasteiger partial charge in [-0.1, -0.05) is 12.1 Å². The predicted octanol–water partition coefficient (Wildman–Crippen LogP) is 1.36. The maximum Gasteiger partial charge on any atom is 0.270 e. The van der Waals surface area contributed by atoms with E-state index in [9.17, 15) is 10.1 Å². The Morgan fingerprint density at radius 2 is 1.91 bits per heavy atom. The van der Waals surface area contributed by atoms with Gasteiger partial charge in [-0.25, -0.2) is 4.98 Å². The van der Waals surface area contributed by atoms with Crippen molar-refractivity contribution in [2.75, 3.05) is 0 Å². The summed E-state index contributed by atoms with van der Waals surface area (Å²) < 4.78 is 1.60. The zero-order chi connectivity index (χ0) is 16.2. The first-order chi connectivity index (χ1) is 11.2. The average molecular weight is 304 g/mol. The number of nitrogens with zero attached hydrogens (tertiary/aromatic N) is 5. The number of rotatable bonds is 4. The third kappa shape index (κ3) is 2.78. The Hall–Kier alpha value is -3.53. The quantitative estimate of drug-likeness (QED) is 0.782. The van der Waals surface area contributed by atoms with E-state index in [1.165, 1.54) is 0 Å². The van der Waals surface area contributed by atoms with E-state index in [-0.39, 0.29) is 17.9 Å². The van der Waals surface area contributed by atoms with Crippen molar-refractivity contribution in [2.45, 2.75) is 6.54 Å². The second kappa shape index (κ2) is 6.07. The molecule has 0 bridgehead atoms. The summed E-state index contributed by atoms with van der Waals surface area (Å²) in [5.74, 6) is -0.347. The Balaban J connectivity index is 2.19. The Labute approximate surface area is 132 Å². The second-order valence-electron chi connectivity index (χ2n) is 4.73. The molecule has 7 nitrogen and oxygen atoms in total. The summed E-state index contributed by atoms with van der Waals surface area (Å²) in [6.45, 7) is 0.288. The normalized spacial score (nSPS) is 10.2. The van der Waals surface area contributed by atoms with Crippen molar-refractivity contribution in [1.82, 2.24) is 19.5 Å². The van der Waals surface area contributed by atoms with Crippen LogP contribution in [-0.4, -0.2) is 25.4 Å². The number of hydrogen-bond acceptors (Lipinski definition) is 5. The monoisotopic (exact) mass is 304 g/mol. The van der Waals surface area contributed by atoms with Crippen LogP contribution in [-0.2, 0) is 6.54 Å². The molecular weight excluding hydrogens is 292 g/mol. The number of nitriles is 1. The van der Waals surface area contributed by atoms with Gasteiger partial charge in [0.25, 0.3) is 5.91 Å². The Kier molecular flexibility index (Phi) is 3.80. The number of primary amides is 1. The van der Waals surface area contributed by atoms with Crippen molar-refractivity contribution in [1.29, 1.82) is 5.26 Å². The summed E-state index contributed by atoms with van der Waals surface area (Å²) in [7, 11) is 0. The molecule has 0 aliphatic carbocycles. The van der Waals surface area contributed by atoms with E-state index in [1.807, 2.05) is 18.2 Å². The van der Waals surface area contributed by atoms with Gasteiger partial charge in [-0.15, -0.1) is 0 Å². The molecule has 3 heterocycles. The van der Waals surface area contributed by atoms with Crippen LogP contribution in [0.1, 0.15) is 21.9 Å². The van der Waals surface area contributed by atoms with Crippen LogP contribution >= 0.6 is 0 Å². The van der Waals surface area contributed by atoms with E-state index in [0.29, 0.717) is 11.5 Å². The molecule has 112 valence electrons. The molecule has 3 rings (SSSR count). The largest absolute Gasteiger partial charge is 0.364 e. The average Bonchev–Trinajstić information content (AvgIpc) is 2.95. The molecule has 3 aromatic heterocycles. The minimum absolute atomic E-state index is 0.0657. The maximum atomic E-state index is 11.6. The lowest BCUT2D eigenvalue weighted by Crippen LogP contribution is -2.14. The van der Waals surface area contributed by atoms with Gasteiger partial charge in [-0.2, -0.15) is 5.26 Å². The van der Waals surface area contributed by atoms with Gasteiger partial charge in [0.05, 0.1) is 12.2 Å². The maximum absolute atomic E-state index is 11.6. The van der Waals surface area contributed by atoms with Crippen LogP contribution in [0.15, 0.2) is 48.8 Å². The number of imidazole rings is 1. The van der Waals surface area contributed by atoms with Crippen LogP contribution < -0.4 is 5.73 Å². The molecule has 0 unspecified atom stereocenters. The first-order valence-corrected chi connectivity index (χ1v) is 6.82.